The molecule has 0 aliphatic heterocycles. The second-order valence-corrected chi connectivity index (χ2v) is 6.69. The van der Waals surface area contributed by atoms with E-state index in [0.29, 0.717) is 5.69 Å². The van der Waals surface area contributed by atoms with Gasteiger partial charge in [-0.25, -0.2) is 4.79 Å². The van der Waals surface area contributed by atoms with E-state index in [0.717, 1.165) is 17.2 Å². The predicted molar refractivity (Wildman–Crippen MR) is 118 cm³/mol. The molecule has 3 rings (SSSR count). The van der Waals surface area contributed by atoms with Gasteiger partial charge in [0.2, 0.25) is 0 Å². The summed E-state index contributed by atoms with van der Waals surface area (Å²) in [4.78, 5) is 35.7. The highest BCUT2D eigenvalue weighted by atomic mass is 16.6. The third-order valence-electron chi connectivity index (χ3n) is 4.62. The number of nitrogens with zero attached hydrogens (tertiary/aromatic N) is 1. The Morgan fingerprint density at radius 2 is 1.65 bits per heavy atom. The lowest BCUT2D eigenvalue weighted by Gasteiger charge is -2.16. The Morgan fingerprint density at radius 3 is 2.32 bits per heavy atom. The number of benzene rings is 3. The van der Waals surface area contributed by atoms with E-state index >= 15 is 0 Å². The summed E-state index contributed by atoms with van der Waals surface area (Å²) in [6, 6.07) is 20.8. The van der Waals surface area contributed by atoms with Gasteiger partial charge >= 0.3 is 5.97 Å². The molecule has 3 aromatic carbocycles. The number of hydrogen-bond donors (Lipinski definition) is 2. The molecule has 0 radical (unpaired) electrons. The molecule has 0 bridgehead atoms. The molecule has 158 valence electrons. The lowest BCUT2D eigenvalue weighted by molar-refractivity contribution is -0.384. The molecule has 1 atom stereocenters. The van der Waals surface area contributed by atoms with E-state index in [9.17, 15) is 19.7 Å². The first-order valence-electron chi connectivity index (χ1n) is 9.53. The van der Waals surface area contributed by atoms with Crippen molar-refractivity contribution in [3.63, 3.8) is 0 Å². The number of nitrogens with one attached hydrogen (secondary N) is 2. The number of anilines is 2. The highest BCUT2D eigenvalue weighted by molar-refractivity contribution is 6.00. The lowest BCUT2D eigenvalue weighted by atomic mass is 10.0. The molecule has 3 aromatic rings. The summed E-state index contributed by atoms with van der Waals surface area (Å²) in [5, 5.41) is 16.7. The molecule has 0 saturated heterocycles. The van der Waals surface area contributed by atoms with Gasteiger partial charge in [0, 0.05) is 24.4 Å². The zero-order chi connectivity index (χ0) is 22.4. The van der Waals surface area contributed by atoms with Crippen molar-refractivity contribution in [2.45, 2.75) is 13.0 Å². The number of para-hydroxylation sites is 1. The summed E-state index contributed by atoms with van der Waals surface area (Å²) in [7, 11) is 1.54. The van der Waals surface area contributed by atoms with Gasteiger partial charge in [-0.05, 0) is 30.7 Å². The second-order valence-electron chi connectivity index (χ2n) is 6.69. The highest BCUT2D eigenvalue weighted by Gasteiger charge is 2.22. The molecule has 0 spiro atoms. The van der Waals surface area contributed by atoms with Crippen LogP contribution >= 0.6 is 0 Å². The van der Waals surface area contributed by atoms with Crippen molar-refractivity contribution < 1.29 is 19.2 Å². The quantitative estimate of drug-likeness (QED) is 0.332. The standard InChI is InChI=1S/C23H21N3O5/c1-15(31-23(28)17-12-13-20(24-2)21(14-17)26(29)30)22(27)25-19-11-7-6-10-18(19)16-8-4-3-5-9-16/h3-15,24H,1-2H3,(H,25,27)/t15-/m1/s1. The fourth-order valence-corrected chi connectivity index (χ4v) is 3.00. The number of ether oxygens (including phenoxy) is 1. The van der Waals surface area contributed by atoms with E-state index in [-0.39, 0.29) is 16.9 Å². The van der Waals surface area contributed by atoms with Gasteiger partial charge in [0.05, 0.1) is 10.5 Å². The van der Waals surface area contributed by atoms with Crippen LogP contribution in [0.3, 0.4) is 0 Å². The molecular formula is C23H21N3O5. The van der Waals surface area contributed by atoms with Crippen LogP contribution < -0.4 is 10.6 Å². The molecule has 0 heterocycles. The van der Waals surface area contributed by atoms with E-state index in [2.05, 4.69) is 10.6 Å². The van der Waals surface area contributed by atoms with Crippen molar-refractivity contribution in [3.8, 4) is 11.1 Å². The molecule has 8 nitrogen and oxygen atoms in total. The summed E-state index contributed by atoms with van der Waals surface area (Å²) in [5.41, 5.74) is 2.33. The van der Waals surface area contributed by atoms with Crippen LogP contribution in [0.1, 0.15) is 17.3 Å². The first kappa shape index (κ1) is 21.5. The Kier molecular flexibility index (Phi) is 6.61. The average Bonchev–Trinajstić information content (AvgIpc) is 2.79. The molecule has 0 aliphatic rings. The third kappa shape index (κ3) is 5.05. The molecule has 31 heavy (non-hydrogen) atoms. The Hall–Kier alpha value is -4.20. The minimum Gasteiger partial charge on any atom is -0.449 e. The van der Waals surface area contributed by atoms with Gasteiger partial charge < -0.3 is 15.4 Å². The monoisotopic (exact) mass is 419 g/mol. The van der Waals surface area contributed by atoms with Crippen LogP contribution in [0, 0.1) is 10.1 Å². The fourth-order valence-electron chi connectivity index (χ4n) is 3.00. The van der Waals surface area contributed by atoms with E-state index in [1.807, 2.05) is 42.5 Å². The van der Waals surface area contributed by atoms with Crippen molar-refractivity contribution in [2.24, 2.45) is 0 Å². The minimum absolute atomic E-state index is 0.0185. The normalized spacial score (nSPS) is 11.3. The van der Waals surface area contributed by atoms with Crippen LogP contribution in [0.15, 0.2) is 72.8 Å². The number of carbonyl (C=O) groups is 2. The average molecular weight is 419 g/mol. The molecule has 0 unspecified atom stereocenters. The largest absolute Gasteiger partial charge is 0.449 e. The SMILES string of the molecule is CNc1ccc(C(=O)O[C@H](C)C(=O)Nc2ccccc2-c2ccccc2)cc1[N+](=O)[O-]. The van der Waals surface area contributed by atoms with Crippen molar-refractivity contribution in [2.75, 3.05) is 17.7 Å². The Morgan fingerprint density at radius 1 is 0.968 bits per heavy atom. The summed E-state index contributed by atoms with van der Waals surface area (Å²) < 4.78 is 5.23. The Bertz CT molecular complexity index is 1120. The molecule has 0 aliphatic carbocycles. The van der Waals surface area contributed by atoms with Crippen LogP contribution in [-0.2, 0) is 9.53 Å². The van der Waals surface area contributed by atoms with Crippen LogP contribution in [-0.4, -0.2) is 30.0 Å². The Balaban J connectivity index is 1.73. The molecule has 8 heteroatoms. The number of nitro benzene ring substituents is 1. The van der Waals surface area contributed by atoms with Gasteiger partial charge in [-0.15, -0.1) is 0 Å². The van der Waals surface area contributed by atoms with Crippen molar-refractivity contribution in [1.29, 1.82) is 0 Å². The number of nitro groups is 1. The zero-order valence-electron chi connectivity index (χ0n) is 17.0. The molecule has 0 fully saturated rings. The number of carbonyl (C=O) groups excluding carboxylic acids is 2. The van der Waals surface area contributed by atoms with Crippen molar-refractivity contribution >= 4 is 28.9 Å². The predicted octanol–water partition coefficient (Wildman–Crippen LogP) is 4.49. The van der Waals surface area contributed by atoms with Gasteiger partial charge in [0.1, 0.15) is 5.69 Å². The maximum Gasteiger partial charge on any atom is 0.339 e. The lowest BCUT2D eigenvalue weighted by Crippen LogP contribution is -2.30. The Labute approximate surface area is 179 Å². The second kappa shape index (κ2) is 9.53. The van der Waals surface area contributed by atoms with E-state index in [1.165, 1.54) is 19.1 Å². The molecular weight excluding hydrogens is 398 g/mol. The maximum absolute atomic E-state index is 12.6. The zero-order valence-corrected chi connectivity index (χ0v) is 17.0. The van der Waals surface area contributed by atoms with Crippen LogP contribution in [0.2, 0.25) is 0 Å². The van der Waals surface area contributed by atoms with Crippen LogP contribution in [0.25, 0.3) is 11.1 Å². The minimum atomic E-state index is -1.11. The van der Waals surface area contributed by atoms with Crippen LogP contribution in [0.4, 0.5) is 17.1 Å². The van der Waals surface area contributed by atoms with E-state index in [1.54, 1.807) is 19.2 Å². The number of hydrogen-bond acceptors (Lipinski definition) is 6. The van der Waals surface area contributed by atoms with E-state index < -0.39 is 22.9 Å². The third-order valence-corrected chi connectivity index (χ3v) is 4.62. The number of rotatable bonds is 7. The van der Waals surface area contributed by atoms with Gasteiger partial charge in [0.15, 0.2) is 6.10 Å². The molecule has 0 aromatic heterocycles. The van der Waals surface area contributed by atoms with E-state index in [4.69, 9.17) is 4.74 Å². The fraction of sp³-hybridized carbons (Fsp3) is 0.130. The molecule has 1 amide bonds. The first-order chi connectivity index (χ1) is 14.9. The molecule has 0 saturated carbocycles. The smallest absolute Gasteiger partial charge is 0.339 e. The first-order valence-corrected chi connectivity index (χ1v) is 9.53. The highest BCUT2D eigenvalue weighted by Crippen LogP contribution is 2.28. The summed E-state index contributed by atoms with van der Waals surface area (Å²) in [5.74, 6) is -1.34. The summed E-state index contributed by atoms with van der Waals surface area (Å²) >= 11 is 0. The summed E-state index contributed by atoms with van der Waals surface area (Å²) in [6.45, 7) is 1.44. The van der Waals surface area contributed by atoms with Crippen LogP contribution in [0.5, 0.6) is 0 Å². The summed E-state index contributed by atoms with van der Waals surface area (Å²) in [6.07, 6.45) is -1.11. The van der Waals surface area contributed by atoms with Crippen molar-refractivity contribution in [3.05, 3.63) is 88.5 Å². The van der Waals surface area contributed by atoms with Gasteiger partial charge in [0.25, 0.3) is 11.6 Å². The van der Waals surface area contributed by atoms with Gasteiger partial charge in [-0.3, -0.25) is 14.9 Å². The van der Waals surface area contributed by atoms with Gasteiger partial charge in [-0.1, -0.05) is 48.5 Å². The molecule has 2 N–H and O–H groups in total. The number of esters is 1. The number of amides is 1. The van der Waals surface area contributed by atoms with Crippen molar-refractivity contribution in [1.82, 2.24) is 0 Å². The maximum atomic E-state index is 12.6. The van der Waals surface area contributed by atoms with Gasteiger partial charge in [-0.2, -0.15) is 0 Å². The topological polar surface area (TPSA) is 111 Å².